The fourth-order valence-electron chi connectivity index (χ4n) is 3.47. The number of rotatable bonds is 5. The second-order valence-corrected chi connectivity index (χ2v) is 9.26. The van der Waals surface area contributed by atoms with Crippen molar-refractivity contribution in [3.63, 3.8) is 0 Å². The normalized spacial score (nSPS) is 15.1. The highest BCUT2D eigenvalue weighted by atomic mass is 32.2. The van der Waals surface area contributed by atoms with Crippen molar-refractivity contribution in [3.8, 4) is 11.3 Å². The molecule has 1 aliphatic rings. The number of sulfonamides is 1. The smallest absolute Gasteiger partial charge is 0.294 e. The van der Waals surface area contributed by atoms with Crippen LogP contribution < -0.4 is 5.32 Å². The lowest BCUT2D eigenvalue weighted by molar-refractivity contribution is 0.0987. The van der Waals surface area contributed by atoms with Crippen molar-refractivity contribution < 1.29 is 17.7 Å². The second-order valence-electron chi connectivity index (χ2n) is 7.36. The third-order valence-corrected chi connectivity index (χ3v) is 7.11. The monoisotopic (exact) mass is 425 g/mol. The van der Waals surface area contributed by atoms with Gasteiger partial charge in [0.1, 0.15) is 10.6 Å². The molecular weight excluding hydrogens is 402 g/mol. The average Bonchev–Trinajstić information content (AvgIpc) is 3.26. The molecule has 0 unspecified atom stereocenters. The van der Waals surface area contributed by atoms with Gasteiger partial charge in [-0.2, -0.15) is 4.31 Å². The van der Waals surface area contributed by atoms with Gasteiger partial charge >= 0.3 is 0 Å². The molecule has 0 spiro atoms. The molecule has 1 fully saturated rings. The van der Waals surface area contributed by atoms with E-state index in [9.17, 15) is 13.2 Å². The van der Waals surface area contributed by atoms with Crippen LogP contribution in [0.25, 0.3) is 11.3 Å². The first-order valence-electron chi connectivity index (χ1n) is 9.89. The number of amides is 1. The Kier molecular flexibility index (Phi) is 5.69. The standard InChI is InChI=1S/C22H23N3O4S/c1-16-9-11-17(12-10-16)19-15-20(29-24-19)22(26)23-18-7-3-4-8-21(18)30(27,28)25-13-5-2-6-14-25/h3-4,7-12,15H,2,5-6,13-14H2,1H3,(H,23,26). The van der Waals surface area contributed by atoms with E-state index in [4.69, 9.17) is 4.52 Å². The van der Waals surface area contributed by atoms with E-state index in [1.807, 2.05) is 31.2 Å². The lowest BCUT2D eigenvalue weighted by Crippen LogP contribution is -2.36. The topological polar surface area (TPSA) is 92.5 Å². The van der Waals surface area contributed by atoms with Crippen LogP contribution in [0.2, 0.25) is 0 Å². The van der Waals surface area contributed by atoms with Crippen molar-refractivity contribution in [1.29, 1.82) is 0 Å². The summed E-state index contributed by atoms with van der Waals surface area (Å²) >= 11 is 0. The van der Waals surface area contributed by atoms with Crippen molar-refractivity contribution in [2.24, 2.45) is 0 Å². The summed E-state index contributed by atoms with van der Waals surface area (Å²) < 4.78 is 32.8. The minimum Gasteiger partial charge on any atom is -0.350 e. The van der Waals surface area contributed by atoms with E-state index < -0.39 is 15.9 Å². The Labute approximate surface area is 175 Å². The maximum Gasteiger partial charge on any atom is 0.294 e. The van der Waals surface area contributed by atoms with Gasteiger partial charge in [-0.1, -0.05) is 53.5 Å². The zero-order valence-corrected chi connectivity index (χ0v) is 17.5. The number of piperidine rings is 1. The molecule has 2 heterocycles. The predicted molar refractivity (Wildman–Crippen MR) is 114 cm³/mol. The number of nitrogens with one attached hydrogen (secondary N) is 1. The number of carbonyl (C=O) groups excluding carboxylic acids is 1. The number of para-hydroxylation sites is 1. The van der Waals surface area contributed by atoms with Gasteiger partial charge in [-0.25, -0.2) is 8.42 Å². The van der Waals surface area contributed by atoms with E-state index >= 15 is 0 Å². The zero-order chi connectivity index (χ0) is 21.1. The minimum absolute atomic E-state index is 0.00995. The van der Waals surface area contributed by atoms with Crippen LogP contribution in [0.4, 0.5) is 5.69 Å². The van der Waals surface area contributed by atoms with Gasteiger partial charge in [0, 0.05) is 24.7 Å². The summed E-state index contributed by atoms with van der Waals surface area (Å²) in [5, 5.41) is 6.63. The first kappa shape index (κ1) is 20.3. The number of hydrogen-bond donors (Lipinski definition) is 1. The molecule has 3 aromatic rings. The van der Waals surface area contributed by atoms with Crippen molar-refractivity contribution in [2.45, 2.75) is 31.1 Å². The highest BCUT2D eigenvalue weighted by Gasteiger charge is 2.29. The summed E-state index contributed by atoms with van der Waals surface area (Å²) in [6, 6.07) is 15.7. The predicted octanol–water partition coefficient (Wildman–Crippen LogP) is 4.08. The summed E-state index contributed by atoms with van der Waals surface area (Å²) in [6.07, 6.45) is 2.71. The molecule has 0 bridgehead atoms. The van der Waals surface area contributed by atoms with Crippen LogP contribution in [0, 0.1) is 6.92 Å². The molecular formula is C22H23N3O4S. The molecule has 0 aliphatic carbocycles. The number of benzene rings is 2. The van der Waals surface area contributed by atoms with E-state index in [1.165, 1.54) is 10.4 Å². The number of hydrogen-bond acceptors (Lipinski definition) is 5. The minimum atomic E-state index is -3.69. The maximum atomic E-state index is 13.1. The van der Waals surface area contributed by atoms with Gasteiger partial charge in [-0.05, 0) is 31.9 Å². The van der Waals surface area contributed by atoms with Crippen LogP contribution in [0.15, 0.2) is 64.0 Å². The van der Waals surface area contributed by atoms with Gasteiger partial charge in [-0.3, -0.25) is 4.79 Å². The first-order chi connectivity index (χ1) is 14.4. The van der Waals surface area contributed by atoms with Crippen molar-refractivity contribution >= 4 is 21.6 Å². The summed E-state index contributed by atoms with van der Waals surface area (Å²) in [4.78, 5) is 12.8. The molecule has 0 radical (unpaired) electrons. The van der Waals surface area contributed by atoms with Gasteiger partial charge in [-0.15, -0.1) is 0 Å². The summed E-state index contributed by atoms with van der Waals surface area (Å²) in [5.74, 6) is -0.544. The molecule has 1 saturated heterocycles. The lowest BCUT2D eigenvalue weighted by Gasteiger charge is -2.26. The molecule has 156 valence electrons. The van der Waals surface area contributed by atoms with Crippen molar-refractivity contribution in [1.82, 2.24) is 9.46 Å². The van der Waals surface area contributed by atoms with E-state index in [1.54, 1.807) is 24.3 Å². The van der Waals surface area contributed by atoms with Gasteiger partial charge < -0.3 is 9.84 Å². The molecule has 2 aromatic carbocycles. The molecule has 0 atom stereocenters. The van der Waals surface area contributed by atoms with Crippen LogP contribution in [-0.4, -0.2) is 36.9 Å². The maximum absolute atomic E-state index is 13.1. The van der Waals surface area contributed by atoms with Crippen molar-refractivity contribution in [3.05, 3.63) is 65.9 Å². The molecule has 1 N–H and O–H groups in total. The number of anilines is 1. The Morgan fingerprint density at radius 3 is 2.47 bits per heavy atom. The lowest BCUT2D eigenvalue weighted by atomic mass is 10.1. The highest BCUT2D eigenvalue weighted by molar-refractivity contribution is 7.89. The third-order valence-electron chi connectivity index (χ3n) is 5.15. The quantitative estimate of drug-likeness (QED) is 0.665. The highest BCUT2D eigenvalue weighted by Crippen LogP contribution is 2.27. The number of aryl methyl sites for hydroxylation is 1. The third kappa shape index (κ3) is 4.15. The SMILES string of the molecule is Cc1ccc(-c2cc(C(=O)Nc3ccccc3S(=O)(=O)N3CCCCC3)on2)cc1. The average molecular weight is 426 g/mol. The fourth-order valence-corrected chi connectivity index (χ4v) is 5.13. The zero-order valence-electron chi connectivity index (χ0n) is 16.7. The summed E-state index contributed by atoms with van der Waals surface area (Å²) in [5.41, 5.74) is 2.71. The van der Waals surface area contributed by atoms with E-state index in [0.717, 1.165) is 30.4 Å². The van der Waals surface area contributed by atoms with E-state index in [2.05, 4.69) is 10.5 Å². The largest absolute Gasteiger partial charge is 0.350 e. The molecule has 1 aromatic heterocycles. The van der Waals surface area contributed by atoms with E-state index in [0.29, 0.717) is 18.8 Å². The van der Waals surface area contributed by atoms with Crippen LogP contribution in [0.5, 0.6) is 0 Å². The van der Waals surface area contributed by atoms with Gasteiger partial charge in [0.15, 0.2) is 0 Å². The number of nitrogens with zero attached hydrogens (tertiary/aromatic N) is 2. The number of aromatic nitrogens is 1. The molecule has 1 amide bonds. The number of carbonyl (C=O) groups is 1. The molecule has 1 aliphatic heterocycles. The van der Waals surface area contributed by atoms with Gasteiger partial charge in [0.2, 0.25) is 15.8 Å². The molecule has 30 heavy (non-hydrogen) atoms. The van der Waals surface area contributed by atoms with E-state index in [-0.39, 0.29) is 16.3 Å². The Morgan fingerprint density at radius 2 is 1.73 bits per heavy atom. The molecule has 0 saturated carbocycles. The Morgan fingerprint density at radius 1 is 1.03 bits per heavy atom. The Bertz CT molecular complexity index is 1150. The Hall–Kier alpha value is -2.97. The molecule has 7 nitrogen and oxygen atoms in total. The van der Waals surface area contributed by atoms with Crippen LogP contribution >= 0.6 is 0 Å². The van der Waals surface area contributed by atoms with Crippen molar-refractivity contribution in [2.75, 3.05) is 18.4 Å². The Balaban J connectivity index is 1.57. The van der Waals surface area contributed by atoms with Gasteiger partial charge in [0.25, 0.3) is 5.91 Å². The molecule has 8 heteroatoms. The summed E-state index contributed by atoms with van der Waals surface area (Å²) in [6.45, 7) is 2.97. The second kappa shape index (κ2) is 8.41. The van der Waals surface area contributed by atoms with Crippen LogP contribution in [0.1, 0.15) is 35.4 Å². The van der Waals surface area contributed by atoms with Gasteiger partial charge in [0.05, 0.1) is 5.69 Å². The van der Waals surface area contributed by atoms with Crippen LogP contribution in [-0.2, 0) is 10.0 Å². The summed E-state index contributed by atoms with van der Waals surface area (Å²) in [7, 11) is -3.69. The van der Waals surface area contributed by atoms with Crippen LogP contribution in [0.3, 0.4) is 0 Å². The first-order valence-corrected chi connectivity index (χ1v) is 11.3. The fraction of sp³-hybridized carbons (Fsp3) is 0.273. The molecule has 4 rings (SSSR count).